The number of aryl methyl sites for hydroxylation is 1. The fraction of sp³-hybridized carbons (Fsp3) is 0.200. The molecule has 0 aromatic heterocycles. The van der Waals surface area contributed by atoms with E-state index in [2.05, 4.69) is 4.74 Å². The number of hydrogen-bond donors (Lipinski definition) is 0. The van der Waals surface area contributed by atoms with Crippen molar-refractivity contribution >= 4 is 19.7 Å². The average molecular weight is 362 g/mol. The molecule has 0 amide bonds. The van der Waals surface area contributed by atoms with E-state index in [1.807, 2.05) is 6.92 Å². The van der Waals surface area contributed by atoms with E-state index in [1.165, 1.54) is 24.3 Å². The standard InChI is InChI=1S/C15H13F3O3S2/c1-11-2-8-14(9-3-11)23(19,20)22-10-12-4-6-13(7-5-12)21-15(16,17)18/h2-9H,10H2,1H3. The molecule has 0 radical (unpaired) electrons. The molecule has 0 bridgehead atoms. The molecule has 23 heavy (non-hydrogen) atoms. The van der Waals surface area contributed by atoms with Gasteiger partial charge in [0, 0.05) is 5.75 Å². The Kier molecular flexibility index (Phi) is 5.26. The van der Waals surface area contributed by atoms with Gasteiger partial charge in [0.25, 0.3) is 0 Å². The van der Waals surface area contributed by atoms with Crippen LogP contribution in [0.25, 0.3) is 0 Å². The Morgan fingerprint density at radius 3 is 2.09 bits per heavy atom. The van der Waals surface area contributed by atoms with Crippen LogP contribution < -0.4 is 4.74 Å². The monoisotopic (exact) mass is 362 g/mol. The molecule has 0 unspecified atom stereocenters. The maximum Gasteiger partial charge on any atom is 0.573 e. The van der Waals surface area contributed by atoms with Crippen molar-refractivity contribution in [3.63, 3.8) is 0 Å². The van der Waals surface area contributed by atoms with Crippen molar-refractivity contribution < 1.29 is 26.3 Å². The highest BCUT2D eigenvalue weighted by Crippen LogP contribution is 2.28. The van der Waals surface area contributed by atoms with Gasteiger partial charge in [0.2, 0.25) is 8.87 Å². The van der Waals surface area contributed by atoms with Crippen LogP contribution in [0.1, 0.15) is 11.1 Å². The van der Waals surface area contributed by atoms with Gasteiger partial charge in [-0.2, -0.15) is 0 Å². The topological polar surface area (TPSA) is 43.4 Å². The van der Waals surface area contributed by atoms with Crippen molar-refractivity contribution in [3.05, 3.63) is 59.7 Å². The van der Waals surface area contributed by atoms with Gasteiger partial charge in [-0.15, -0.1) is 13.2 Å². The zero-order valence-electron chi connectivity index (χ0n) is 12.0. The average Bonchev–Trinajstić information content (AvgIpc) is 2.45. The van der Waals surface area contributed by atoms with Gasteiger partial charge >= 0.3 is 6.36 Å². The third kappa shape index (κ3) is 5.47. The largest absolute Gasteiger partial charge is 0.573 e. The molecule has 0 aliphatic carbocycles. The van der Waals surface area contributed by atoms with Gasteiger partial charge in [0.15, 0.2) is 0 Å². The highest BCUT2D eigenvalue weighted by molar-refractivity contribution is 8.71. The van der Waals surface area contributed by atoms with Crippen molar-refractivity contribution in [2.24, 2.45) is 0 Å². The Labute approximate surface area is 135 Å². The summed E-state index contributed by atoms with van der Waals surface area (Å²) in [7, 11) is -2.79. The van der Waals surface area contributed by atoms with E-state index < -0.39 is 15.2 Å². The summed E-state index contributed by atoms with van der Waals surface area (Å²) in [6.07, 6.45) is -4.74. The van der Waals surface area contributed by atoms with Gasteiger partial charge in [-0.25, -0.2) is 8.42 Å². The molecule has 2 aromatic carbocycles. The minimum Gasteiger partial charge on any atom is -0.406 e. The first-order valence-corrected chi connectivity index (χ1v) is 9.45. The lowest BCUT2D eigenvalue weighted by Crippen LogP contribution is -2.16. The van der Waals surface area contributed by atoms with E-state index in [1.54, 1.807) is 12.1 Å². The van der Waals surface area contributed by atoms with Crippen LogP contribution in [0.5, 0.6) is 5.75 Å². The molecule has 124 valence electrons. The third-order valence-electron chi connectivity index (χ3n) is 2.85. The first kappa shape index (κ1) is 17.7. The molecule has 0 N–H and O–H groups in total. The summed E-state index contributed by atoms with van der Waals surface area (Å²) in [5.41, 5.74) is 1.54. The SMILES string of the molecule is Cc1ccc(S(=O)(=O)SCc2ccc(OC(F)(F)F)cc2)cc1. The van der Waals surface area contributed by atoms with Crippen molar-refractivity contribution in [2.45, 2.75) is 23.9 Å². The Morgan fingerprint density at radius 2 is 1.57 bits per heavy atom. The number of hydrogen-bond acceptors (Lipinski definition) is 4. The molecule has 0 atom stereocenters. The van der Waals surface area contributed by atoms with Crippen molar-refractivity contribution in [3.8, 4) is 5.75 Å². The van der Waals surface area contributed by atoms with Crippen molar-refractivity contribution in [2.75, 3.05) is 0 Å². The number of alkyl halides is 3. The van der Waals surface area contributed by atoms with Crippen LogP contribution in [-0.4, -0.2) is 14.8 Å². The van der Waals surface area contributed by atoms with Crippen LogP contribution in [0.3, 0.4) is 0 Å². The minimum absolute atomic E-state index is 0.127. The predicted molar refractivity (Wildman–Crippen MR) is 82.8 cm³/mol. The molecule has 0 aliphatic rings. The molecule has 2 rings (SSSR count). The van der Waals surface area contributed by atoms with E-state index in [0.717, 1.165) is 28.5 Å². The second-order valence-electron chi connectivity index (χ2n) is 4.72. The molecule has 3 nitrogen and oxygen atoms in total. The first-order valence-electron chi connectivity index (χ1n) is 6.46. The lowest BCUT2D eigenvalue weighted by Gasteiger charge is -2.09. The number of ether oxygens (including phenoxy) is 1. The predicted octanol–water partition coefficient (Wildman–Crippen LogP) is 4.52. The summed E-state index contributed by atoms with van der Waals surface area (Å²) in [4.78, 5) is 0.199. The zero-order valence-corrected chi connectivity index (χ0v) is 13.6. The van der Waals surface area contributed by atoms with E-state index >= 15 is 0 Å². The van der Waals surface area contributed by atoms with E-state index in [9.17, 15) is 21.6 Å². The van der Waals surface area contributed by atoms with Crippen LogP contribution in [-0.2, 0) is 14.6 Å². The summed E-state index contributed by atoms with van der Waals surface area (Å²) in [6, 6.07) is 11.6. The smallest absolute Gasteiger partial charge is 0.406 e. The molecule has 0 saturated heterocycles. The molecule has 0 fully saturated rings. The third-order valence-corrected chi connectivity index (χ3v) is 6.32. The Hall–Kier alpha value is -1.67. The Bertz CT molecular complexity index is 752. The van der Waals surface area contributed by atoms with Gasteiger partial charge in [0.1, 0.15) is 5.75 Å². The van der Waals surface area contributed by atoms with E-state index in [4.69, 9.17) is 0 Å². The van der Waals surface area contributed by atoms with Gasteiger partial charge in [0.05, 0.1) is 4.90 Å². The maximum atomic E-state index is 12.2. The fourth-order valence-electron chi connectivity index (χ4n) is 1.71. The molecule has 8 heteroatoms. The highest BCUT2D eigenvalue weighted by atomic mass is 33.1. The molecule has 0 spiro atoms. The second-order valence-corrected chi connectivity index (χ2v) is 8.65. The number of rotatable bonds is 5. The molecule has 2 aromatic rings. The summed E-state index contributed by atoms with van der Waals surface area (Å²) in [5, 5.41) is 0. The first-order chi connectivity index (χ1) is 10.7. The quantitative estimate of drug-likeness (QED) is 0.734. The van der Waals surface area contributed by atoms with Gasteiger partial charge in [-0.3, -0.25) is 0 Å². The fourth-order valence-corrected chi connectivity index (χ4v) is 4.41. The highest BCUT2D eigenvalue weighted by Gasteiger charge is 2.30. The summed E-state index contributed by atoms with van der Waals surface area (Å²) in [5.74, 6) is -0.213. The van der Waals surface area contributed by atoms with E-state index in [0.29, 0.717) is 5.56 Å². The Balaban J connectivity index is 2.01. The second kappa shape index (κ2) is 6.84. The van der Waals surface area contributed by atoms with Crippen LogP contribution in [0.15, 0.2) is 53.4 Å². The summed E-state index contributed by atoms with van der Waals surface area (Å²) >= 11 is 0. The molecule has 0 saturated carbocycles. The van der Waals surface area contributed by atoms with Crippen LogP contribution in [0.2, 0.25) is 0 Å². The molecular formula is C15H13F3O3S2. The van der Waals surface area contributed by atoms with Gasteiger partial charge < -0.3 is 4.74 Å². The van der Waals surface area contributed by atoms with Crippen molar-refractivity contribution in [1.82, 2.24) is 0 Å². The van der Waals surface area contributed by atoms with Gasteiger partial charge in [-0.05, 0) is 47.5 Å². The minimum atomic E-state index is -4.74. The van der Waals surface area contributed by atoms with Crippen LogP contribution >= 0.6 is 10.8 Å². The van der Waals surface area contributed by atoms with E-state index in [-0.39, 0.29) is 16.4 Å². The van der Waals surface area contributed by atoms with Crippen LogP contribution in [0, 0.1) is 6.92 Å². The molecular weight excluding hydrogens is 349 g/mol. The zero-order chi connectivity index (χ0) is 17.1. The summed E-state index contributed by atoms with van der Waals surface area (Å²) in [6.45, 7) is 1.86. The maximum absolute atomic E-state index is 12.2. The lowest BCUT2D eigenvalue weighted by molar-refractivity contribution is -0.274. The number of halogens is 3. The number of benzene rings is 2. The van der Waals surface area contributed by atoms with Gasteiger partial charge in [-0.1, -0.05) is 29.8 Å². The Morgan fingerprint density at radius 1 is 1.00 bits per heavy atom. The normalized spacial score (nSPS) is 12.2. The molecule has 0 heterocycles. The van der Waals surface area contributed by atoms with Crippen molar-refractivity contribution in [1.29, 1.82) is 0 Å². The summed E-state index contributed by atoms with van der Waals surface area (Å²) < 4.78 is 64.2. The van der Waals surface area contributed by atoms with Crippen LogP contribution in [0.4, 0.5) is 13.2 Å². The lowest BCUT2D eigenvalue weighted by atomic mass is 10.2. The molecule has 0 aliphatic heterocycles.